The van der Waals surface area contributed by atoms with Gasteiger partial charge in [-0.25, -0.2) is 0 Å². The molecule has 0 aliphatic rings. The number of thiocarbonyl (C=S) groups is 1. The van der Waals surface area contributed by atoms with Crippen LogP contribution in [-0.2, 0) is 4.79 Å². The number of hydrogen-bond donors (Lipinski definition) is 3. The first kappa shape index (κ1) is 22.4. The highest BCUT2D eigenvalue weighted by atomic mass is 35.6. The van der Waals surface area contributed by atoms with Crippen molar-refractivity contribution in [3.05, 3.63) is 84.4 Å². The number of benzene rings is 3. The lowest BCUT2D eigenvalue weighted by Crippen LogP contribution is -2.55. The molecular formula is C22H18Cl3N3OS. The Morgan fingerprint density at radius 3 is 2.30 bits per heavy atom. The fourth-order valence-corrected chi connectivity index (χ4v) is 3.31. The summed E-state index contributed by atoms with van der Waals surface area (Å²) < 4.78 is -1.83. The molecule has 0 heterocycles. The van der Waals surface area contributed by atoms with E-state index in [2.05, 4.69) is 16.0 Å². The van der Waals surface area contributed by atoms with Crippen LogP contribution in [0.5, 0.6) is 0 Å². The lowest BCUT2D eigenvalue weighted by atomic mass is 10.1. The number of carbonyl (C=O) groups is 1. The summed E-state index contributed by atoms with van der Waals surface area (Å²) in [6.45, 7) is 0. The van der Waals surface area contributed by atoms with E-state index < -0.39 is 15.9 Å². The van der Waals surface area contributed by atoms with Gasteiger partial charge < -0.3 is 16.0 Å². The van der Waals surface area contributed by atoms with Crippen LogP contribution in [0.2, 0.25) is 0 Å². The number of fused-ring (bicyclic) bond motifs is 1. The Morgan fingerprint density at radius 2 is 1.57 bits per heavy atom. The Morgan fingerprint density at radius 1 is 0.900 bits per heavy atom. The van der Waals surface area contributed by atoms with Gasteiger partial charge in [-0.1, -0.05) is 102 Å². The van der Waals surface area contributed by atoms with E-state index in [0.717, 1.165) is 22.0 Å². The lowest BCUT2D eigenvalue weighted by Gasteiger charge is -2.27. The minimum atomic E-state index is -1.83. The number of alkyl halides is 3. The maximum absolute atomic E-state index is 12.3. The summed E-state index contributed by atoms with van der Waals surface area (Å²) in [7, 11) is 0. The summed E-state index contributed by atoms with van der Waals surface area (Å²) in [6, 6.07) is 23.1. The molecule has 0 radical (unpaired) electrons. The van der Waals surface area contributed by atoms with Crippen molar-refractivity contribution >= 4 is 80.6 Å². The number of rotatable bonds is 5. The van der Waals surface area contributed by atoms with Crippen LogP contribution in [0.1, 0.15) is 5.56 Å². The van der Waals surface area contributed by atoms with E-state index >= 15 is 0 Å². The van der Waals surface area contributed by atoms with E-state index in [9.17, 15) is 4.79 Å². The van der Waals surface area contributed by atoms with Crippen LogP contribution in [0.25, 0.3) is 16.8 Å². The molecular weight excluding hydrogens is 461 g/mol. The molecule has 0 aliphatic heterocycles. The van der Waals surface area contributed by atoms with Crippen molar-refractivity contribution in [2.24, 2.45) is 0 Å². The van der Waals surface area contributed by atoms with Crippen molar-refractivity contribution in [1.29, 1.82) is 0 Å². The van der Waals surface area contributed by atoms with Crippen molar-refractivity contribution in [2.75, 3.05) is 5.32 Å². The molecule has 3 N–H and O–H groups in total. The maximum atomic E-state index is 12.3. The predicted molar refractivity (Wildman–Crippen MR) is 131 cm³/mol. The molecule has 0 bridgehead atoms. The summed E-state index contributed by atoms with van der Waals surface area (Å²) in [5.74, 6) is -0.435. The van der Waals surface area contributed by atoms with Crippen molar-refractivity contribution in [3.8, 4) is 0 Å². The lowest BCUT2D eigenvalue weighted by molar-refractivity contribution is -0.117. The third-order valence-electron chi connectivity index (χ3n) is 4.15. The topological polar surface area (TPSA) is 53.2 Å². The minimum absolute atomic E-state index is 0.204. The predicted octanol–water partition coefficient (Wildman–Crippen LogP) is 5.65. The molecule has 0 unspecified atom stereocenters. The molecule has 0 aromatic heterocycles. The Bertz CT molecular complexity index is 1060. The Kier molecular flexibility index (Phi) is 7.56. The molecule has 1 amide bonds. The summed E-state index contributed by atoms with van der Waals surface area (Å²) in [5, 5.41) is 10.8. The van der Waals surface area contributed by atoms with Gasteiger partial charge in [0, 0.05) is 17.1 Å². The minimum Gasteiger partial charge on any atom is -0.339 e. The molecule has 0 fully saturated rings. The van der Waals surface area contributed by atoms with Crippen LogP contribution >= 0.6 is 47.0 Å². The summed E-state index contributed by atoms with van der Waals surface area (Å²) >= 11 is 23.5. The molecule has 0 saturated heterocycles. The van der Waals surface area contributed by atoms with Gasteiger partial charge in [0.1, 0.15) is 6.17 Å². The highest BCUT2D eigenvalue weighted by Gasteiger charge is 2.34. The van der Waals surface area contributed by atoms with Gasteiger partial charge in [-0.3, -0.25) is 4.79 Å². The van der Waals surface area contributed by atoms with Gasteiger partial charge in [0.25, 0.3) is 0 Å². The third kappa shape index (κ3) is 6.34. The molecule has 154 valence electrons. The highest BCUT2D eigenvalue weighted by molar-refractivity contribution is 7.80. The molecule has 30 heavy (non-hydrogen) atoms. The van der Waals surface area contributed by atoms with Crippen molar-refractivity contribution in [2.45, 2.75) is 9.96 Å². The maximum Gasteiger partial charge on any atom is 0.245 e. The number of anilines is 1. The normalized spacial score (nSPS) is 12.5. The van der Waals surface area contributed by atoms with E-state index in [4.69, 9.17) is 47.0 Å². The number of amides is 1. The fourth-order valence-electron chi connectivity index (χ4n) is 2.75. The summed E-state index contributed by atoms with van der Waals surface area (Å²) in [4.78, 5) is 12.3. The first-order valence-corrected chi connectivity index (χ1v) is 10.5. The number of carbonyl (C=O) groups excluding carboxylic acids is 1. The zero-order valence-corrected chi connectivity index (χ0v) is 18.7. The number of hydrogen-bond acceptors (Lipinski definition) is 2. The third-order valence-corrected chi connectivity index (χ3v) is 5.03. The van der Waals surface area contributed by atoms with Gasteiger partial charge in [0.05, 0.1) is 0 Å². The van der Waals surface area contributed by atoms with E-state index in [1.54, 1.807) is 6.08 Å². The van der Waals surface area contributed by atoms with Crippen LogP contribution in [-0.4, -0.2) is 21.0 Å². The quantitative estimate of drug-likeness (QED) is 0.192. The van der Waals surface area contributed by atoms with E-state index in [1.807, 2.05) is 72.8 Å². The van der Waals surface area contributed by atoms with E-state index in [-0.39, 0.29) is 5.11 Å². The standard InChI is InChI=1S/C22H18Cl3N3OS/c23-22(24,25)20(27-19(29)14-13-15-7-2-1-3-8-15)28-21(30)26-18-12-6-10-16-9-4-5-11-17(16)18/h1-14,20H,(H,27,29)(H2,26,28,30)/b14-13-/t20-/m1/s1. The number of halogens is 3. The summed E-state index contributed by atoms with van der Waals surface area (Å²) in [6.07, 6.45) is 1.98. The van der Waals surface area contributed by atoms with Crippen LogP contribution in [0, 0.1) is 0 Å². The molecule has 4 nitrogen and oxygen atoms in total. The smallest absolute Gasteiger partial charge is 0.245 e. The second-order valence-corrected chi connectivity index (χ2v) is 9.13. The zero-order valence-electron chi connectivity index (χ0n) is 15.6. The van der Waals surface area contributed by atoms with Gasteiger partial charge >= 0.3 is 0 Å². The molecule has 8 heteroatoms. The van der Waals surface area contributed by atoms with Gasteiger partial charge in [-0.05, 0) is 35.3 Å². The molecule has 0 aliphatic carbocycles. The Hall–Kier alpha value is -2.31. The second-order valence-electron chi connectivity index (χ2n) is 6.35. The summed E-state index contributed by atoms with van der Waals surface area (Å²) in [5.41, 5.74) is 1.67. The molecule has 3 aromatic rings. The van der Waals surface area contributed by atoms with Gasteiger partial charge in [-0.2, -0.15) is 0 Å². The van der Waals surface area contributed by atoms with Crippen LogP contribution in [0.15, 0.2) is 78.9 Å². The molecule has 0 spiro atoms. The Labute approximate surface area is 195 Å². The average Bonchev–Trinajstić information content (AvgIpc) is 2.72. The molecule has 1 atom stereocenters. The van der Waals surface area contributed by atoms with Gasteiger partial charge in [0.15, 0.2) is 5.11 Å². The van der Waals surface area contributed by atoms with E-state index in [1.165, 1.54) is 6.08 Å². The monoisotopic (exact) mass is 477 g/mol. The van der Waals surface area contributed by atoms with Crippen LogP contribution < -0.4 is 16.0 Å². The largest absolute Gasteiger partial charge is 0.339 e. The molecule has 0 saturated carbocycles. The molecule has 3 rings (SSSR count). The second kappa shape index (κ2) is 10.1. The van der Waals surface area contributed by atoms with Crippen molar-refractivity contribution in [3.63, 3.8) is 0 Å². The van der Waals surface area contributed by atoms with Gasteiger partial charge in [0.2, 0.25) is 9.70 Å². The highest BCUT2D eigenvalue weighted by Crippen LogP contribution is 2.29. The van der Waals surface area contributed by atoms with Gasteiger partial charge in [-0.15, -0.1) is 0 Å². The fraction of sp³-hybridized carbons (Fsp3) is 0.0909. The number of nitrogens with one attached hydrogen (secondary N) is 3. The average molecular weight is 479 g/mol. The van der Waals surface area contributed by atoms with Crippen LogP contribution in [0.3, 0.4) is 0 Å². The first-order chi connectivity index (χ1) is 14.3. The van der Waals surface area contributed by atoms with E-state index in [0.29, 0.717) is 0 Å². The van der Waals surface area contributed by atoms with Crippen molar-refractivity contribution < 1.29 is 4.79 Å². The molecule has 3 aromatic carbocycles. The zero-order chi connectivity index (χ0) is 21.6. The first-order valence-electron chi connectivity index (χ1n) is 8.98. The van der Waals surface area contributed by atoms with Crippen LogP contribution in [0.4, 0.5) is 5.69 Å². The SMILES string of the molecule is O=C(/C=C\c1ccccc1)N[C@H](NC(=S)Nc1cccc2ccccc12)C(Cl)(Cl)Cl. The Balaban J connectivity index is 1.68. The van der Waals surface area contributed by atoms with Crippen molar-refractivity contribution in [1.82, 2.24) is 10.6 Å².